The van der Waals surface area contributed by atoms with E-state index in [1.165, 1.54) is 38.2 Å². The van der Waals surface area contributed by atoms with Crippen molar-refractivity contribution in [2.75, 3.05) is 0 Å². The van der Waals surface area contributed by atoms with Crippen LogP contribution in [0.3, 0.4) is 0 Å². The molecule has 0 atom stereocenters. The van der Waals surface area contributed by atoms with Crippen molar-refractivity contribution in [3.8, 4) is 33.4 Å². The van der Waals surface area contributed by atoms with Crippen LogP contribution in [0.2, 0.25) is 0 Å². The highest BCUT2D eigenvalue weighted by Crippen LogP contribution is 2.46. The van der Waals surface area contributed by atoms with Crippen molar-refractivity contribution in [3.63, 3.8) is 0 Å². The Hall–Kier alpha value is -4.82. The van der Waals surface area contributed by atoms with E-state index in [-0.39, 0.29) is 12.0 Å². The maximum Gasteiger partial charge on any atom is 0.273 e. The fraction of sp³-hybridized carbons (Fsp3) is 0.122. The summed E-state index contributed by atoms with van der Waals surface area (Å²) in [5, 5.41) is 7.09. The molecule has 0 aliphatic heterocycles. The zero-order valence-electron chi connectivity index (χ0n) is 24.2. The monoisotopic (exact) mass is 562 g/mol. The van der Waals surface area contributed by atoms with E-state index in [2.05, 4.69) is 115 Å². The molecule has 7 aromatic rings. The van der Waals surface area contributed by atoms with Gasteiger partial charge < -0.3 is 0 Å². The lowest BCUT2D eigenvalue weighted by Gasteiger charge is -2.20. The van der Waals surface area contributed by atoms with Crippen LogP contribution in [0.1, 0.15) is 31.7 Å². The Morgan fingerprint density at radius 3 is 1.47 bits per heavy atom. The minimum atomic E-state index is -2.81. The molecule has 7 aromatic carbocycles. The van der Waals surface area contributed by atoms with Gasteiger partial charge in [0.1, 0.15) is 0 Å². The standard InChI is InChI=1S/C41H32F2/c1-2-3-27-41(42,43)30-23-21-28(22-24-30)31-25-26-38(33-16-8-7-15-32(31)33)40-36-19-11-9-17-34(36)39(29-13-5-4-6-14-29)35-18-10-12-20-37(35)40/h4-26H,2-3,27H2,1H3. The van der Waals surface area contributed by atoms with E-state index in [1.54, 1.807) is 12.1 Å². The van der Waals surface area contributed by atoms with Crippen LogP contribution in [-0.4, -0.2) is 0 Å². The lowest BCUT2D eigenvalue weighted by Crippen LogP contribution is -2.12. The fourth-order valence-electron chi connectivity index (χ4n) is 6.54. The molecule has 0 saturated carbocycles. The molecule has 0 nitrogen and oxygen atoms in total. The van der Waals surface area contributed by atoms with Gasteiger partial charge in [-0.05, 0) is 72.1 Å². The van der Waals surface area contributed by atoms with Gasteiger partial charge in [-0.2, -0.15) is 0 Å². The Morgan fingerprint density at radius 2 is 0.907 bits per heavy atom. The van der Waals surface area contributed by atoms with Gasteiger partial charge >= 0.3 is 0 Å². The highest BCUT2D eigenvalue weighted by Gasteiger charge is 2.30. The predicted molar refractivity (Wildman–Crippen MR) is 179 cm³/mol. The van der Waals surface area contributed by atoms with Crippen molar-refractivity contribution in [1.82, 2.24) is 0 Å². The number of hydrogen-bond donors (Lipinski definition) is 0. The van der Waals surface area contributed by atoms with Crippen LogP contribution in [0.5, 0.6) is 0 Å². The molecule has 0 heterocycles. The normalized spacial score (nSPS) is 11.9. The molecule has 0 N–H and O–H groups in total. The average Bonchev–Trinajstić information content (AvgIpc) is 3.06. The Morgan fingerprint density at radius 1 is 0.442 bits per heavy atom. The molecule has 7 rings (SSSR count). The van der Waals surface area contributed by atoms with Crippen LogP contribution in [0.15, 0.2) is 140 Å². The predicted octanol–water partition coefficient (Wildman–Crippen LogP) is 12.4. The van der Waals surface area contributed by atoms with Gasteiger partial charge in [0, 0.05) is 12.0 Å². The third kappa shape index (κ3) is 4.77. The Bertz CT molecular complexity index is 2020. The van der Waals surface area contributed by atoms with Gasteiger partial charge in [0.05, 0.1) is 0 Å². The maximum atomic E-state index is 14.8. The van der Waals surface area contributed by atoms with Gasteiger partial charge in [0.2, 0.25) is 0 Å². The number of alkyl halides is 2. The number of hydrogen-bond acceptors (Lipinski definition) is 0. The zero-order chi connectivity index (χ0) is 29.4. The van der Waals surface area contributed by atoms with Crippen LogP contribution < -0.4 is 0 Å². The summed E-state index contributed by atoms with van der Waals surface area (Å²) in [4.78, 5) is 0. The quantitative estimate of drug-likeness (QED) is 0.170. The third-order valence-corrected chi connectivity index (χ3v) is 8.65. The van der Waals surface area contributed by atoms with Gasteiger partial charge in [-0.15, -0.1) is 0 Å². The lowest BCUT2D eigenvalue weighted by atomic mass is 9.84. The van der Waals surface area contributed by atoms with Crippen molar-refractivity contribution in [3.05, 3.63) is 145 Å². The molecule has 0 amide bonds. The summed E-state index contributed by atoms with van der Waals surface area (Å²) >= 11 is 0. The van der Waals surface area contributed by atoms with E-state index in [0.717, 1.165) is 33.9 Å². The van der Waals surface area contributed by atoms with Gasteiger partial charge in [0.15, 0.2) is 0 Å². The lowest BCUT2D eigenvalue weighted by molar-refractivity contribution is -0.0154. The topological polar surface area (TPSA) is 0 Å². The summed E-state index contributed by atoms with van der Waals surface area (Å²) in [7, 11) is 0. The van der Waals surface area contributed by atoms with Crippen LogP contribution in [-0.2, 0) is 5.92 Å². The zero-order valence-corrected chi connectivity index (χ0v) is 24.2. The molecular formula is C41H32F2. The van der Waals surface area contributed by atoms with E-state index >= 15 is 0 Å². The largest absolute Gasteiger partial charge is 0.273 e. The van der Waals surface area contributed by atoms with E-state index in [1.807, 2.05) is 19.1 Å². The number of unbranched alkanes of at least 4 members (excludes halogenated alkanes) is 1. The first-order valence-corrected chi connectivity index (χ1v) is 15.1. The van der Waals surface area contributed by atoms with Crippen molar-refractivity contribution in [1.29, 1.82) is 0 Å². The molecule has 0 aliphatic rings. The summed E-state index contributed by atoms with van der Waals surface area (Å²) in [6.45, 7) is 1.94. The van der Waals surface area contributed by atoms with Crippen LogP contribution in [0.25, 0.3) is 65.7 Å². The molecule has 0 saturated heterocycles. The summed E-state index contributed by atoms with van der Waals surface area (Å²) in [6.07, 6.45) is 1.15. The van der Waals surface area contributed by atoms with Crippen molar-refractivity contribution >= 4 is 32.3 Å². The maximum absolute atomic E-state index is 14.8. The van der Waals surface area contributed by atoms with Crippen molar-refractivity contribution in [2.24, 2.45) is 0 Å². The minimum absolute atomic E-state index is 0.0853. The smallest absolute Gasteiger partial charge is 0.201 e. The van der Waals surface area contributed by atoms with E-state index in [9.17, 15) is 8.78 Å². The Balaban J connectivity index is 1.45. The van der Waals surface area contributed by atoms with Crippen LogP contribution in [0.4, 0.5) is 8.78 Å². The summed E-state index contributed by atoms with van der Waals surface area (Å²) in [5.74, 6) is -2.81. The fourth-order valence-corrected chi connectivity index (χ4v) is 6.54. The second-order valence-corrected chi connectivity index (χ2v) is 11.3. The first-order valence-electron chi connectivity index (χ1n) is 15.1. The van der Waals surface area contributed by atoms with Crippen molar-refractivity contribution in [2.45, 2.75) is 32.1 Å². The summed E-state index contributed by atoms with van der Waals surface area (Å²) in [5.41, 5.74) is 6.87. The molecule has 0 fully saturated rings. The summed E-state index contributed by atoms with van der Waals surface area (Å²) in [6, 6.07) is 47.7. The molecule has 0 spiro atoms. The molecule has 210 valence electrons. The van der Waals surface area contributed by atoms with Gasteiger partial charge in [-0.25, -0.2) is 8.78 Å². The van der Waals surface area contributed by atoms with Gasteiger partial charge in [-0.1, -0.05) is 153 Å². The van der Waals surface area contributed by atoms with Gasteiger partial charge in [0.25, 0.3) is 5.92 Å². The number of benzene rings is 7. The number of rotatable bonds is 7. The SMILES string of the molecule is CCCCC(F)(F)c1ccc(-c2ccc(-c3c4ccccc4c(-c4ccccc4)c4ccccc34)c3ccccc23)cc1. The number of halogens is 2. The Labute approximate surface area is 251 Å². The second kappa shape index (κ2) is 11.1. The van der Waals surface area contributed by atoms with E-state index < -0.39 is 5.92 Å². The first-order chi connectivity index (χ1) is 21.1. The first kappa shape index (κ1) is 27.0. The number of fused-ring (bicyclic) bond motifs is 3. The highest BCUT2D eigenvalue weighted by molar-refractivity contribution is 6.24. The Kier molecular flexibility index (Phi) is 6.99. The molecule has 0 unspecified atom stereocenters. The third-order valence-electron chi connectivity index (χ3n) is 8.65. The molecular weight excluding hydrogens is 530 g/mol. The van der Waals surface area contributed by atoms with Crippen molar-refractivity contribution < 1.29 is 8.78 Å². The molecule has 0 aromatic heterocycles. The molecule has 2 heteroatoms. The van der Waals surface area contributed by atoms with E-state index in [4.69, 9.17) is 0 Å². The molecule has 0 bridgehead atoms. The second-order valence-electron chi connectivity index (χ2n) is 11.3. The molecule has 0 aliphatic carbocycles. The molecule has 0 radical (unpaired) electrons. The molecule has 43 heavy (non-hydrogen) atoms. The van der Waals surface area contributed by atoms with Crippen LogP contribution >= 0.6 is 0 Å². The van der Waals surface area contributed by atoms with Crippen LogP contribution in [0, 0.1) is 0 Å². The average molecular weight is 563 g/mol. The summed E-state index contributed by atoms with van der Waals surface area (Å²) < 4.78 is 29.5. The minimum Gasteiger partial charge on any atom is -0.201 e. The highest BCUT2D eigenvalue weighted by atomic mass is 19.3. The van der Waals surface area contributed by atoms with Gasteiger partial charge in [-0.3, -0.25) is 0 Å². The van der Waals surface area contributed by atoms with E-state index in [0.29, 0.717) is 6.42 Å².